The van der Waals surface area contributed by atoms with Crippen LogP contribution in [0.25, 0.3) is 10.9 Å². The minimum Gasteiger partial charge on any atom is -0.393 e. The van der Waals surface area contributed by atoms with Crippen molar-refractivity contribution in [3.63, 3.8) is 0 Å². The molecule has 0 radical (unpaired) electrons. The number of carbonyl (C=O) groups excluding carboxylic acids is 1. The van der Waals surface area contributed by atoms with E-state index >= 15 is 0 Å². The van der Waals surface area contributed by atoms with Gasteiger partial charge in [-0.15, -0.1) is 0 Å². The van der Waals surface area contributed by atoms with E-state index in [-0.39, 0.29) is 30.3 Å². The number of nitrogens with zero attached hydrogens (tertiary/aromatic N) is 5. The van der Waals surface area contributed by atoms with Gasteiger partial charge in [-0.1, -0.05) is 12.0 Å². The Morgan fingerprint density at radius 3 is 2.47 bits per heavy atom. The summed E-state index contributed by atoms with van der Waals surface area (Å²) in [6.07, 6.45) is 0.0370. The van der Waals surface area contributed by atoms with Gasteiger partial charge in [-0.25, -0.2) is 0 Å². The van der Waals surface area contributed by atoms with Gasteiger partial charge in [0.1, 0.15) is 6.54 Å². The summed E-state index contributed by atoms with van der Waals surface area (Å²) in [7, 11) is 0. The number of hydrogen-bond donors (Lipinski definition) is 3. The topological polar surface area (TPSA) is 109 Å². The summed E-state index contributed by atoms with van der Waals surface area (Å²) in [6.45, 7) is 6.47. The SMILES string of the molecule is CC(C)(C#N)c1ccc(NCC#Cc2cc3cc(CNC4CCN(C(=O)CN5CCC(O)CC5)CC4)ccc3n2CC(F)(F)F)cn1. The highest BCUT2D eigenvalue weighted by Crippen LogP contribution is 2.27. The molecular weight excluding hydrogens is 607 g/mol. The zero-order valence-electron chi connectivity index (χ0n) is 26.9. The van der Waals surface area contributed by atoms with E-state index < -0.39 is 18.1 Å². The highest BCUT2D eigenvalue weighted by atomic mass is 19.4. The zero-order chi connectivity index (χ0) is 33.6. The molecule has 4 heterocycles. The fraction of sp³-hybridized carbons (Fsp3) is 0.514. The van der Waals surface area contributed by atoms with Crippen molar-refractivity contribution in [2.24, 2.45) is 0 Å². The Morgan fingerprint density at radius 2 is 1.81 bits per heavy atom. The third kappa shape index (κ3) is 9.25. The maximum absolute atomic E-state index is 13.5. The summed E-state index contributed by atoms with van der Waals surface area (Å²) >= 11 is 0. The second-order valence-electron chi connectivity index (χ2n) is 13.0. The Bertz CT molecular complexity index is 1630. The van der Waals surface area contributed by atoms with Crippen LogP contribution in [0.3, 0.4) is 0 Å². The van der Waals surface area contributed by atoms with Crippen LogP contribution in [-0.2, 0) is 23.3 Å². The lowest BCUT2D eigenvalue weighted by Crippen LogP contribution is -2.49. The second kappa shape index (κ2) is 14.8. The molecule has 2 aliphatic heterocycles. The molecule has 12 heteroatoms. The monoisotopic (exact) mass is 649 g/mol. The summed E-state index contributed by atoms with van der Waals surface area (Å²) in [4.78, 5) is 21.1. The molecule has 2 aromatic heterocycles. The zero-order valence-corrected chi connectivity index (χ0v) is 26.9. The molecule has 2 aliphatic rings. The average molecular weight is 650 g/mol. The first-order valence-electron chi connectivity index (χ1n) is 16.1. The molecule has 0 aliphatic carbocycles. The van der Waals surface area contributed by atoms with Gasteiger partial charge in [-0.3, -0.25) is 14.7 Å². The first kappa shape index (κ1) is 34.2. The molecule has 0 atom stereocenters. The number of nitriles is 1. The maximum atomic E-state index is 13.5. The molecular formula is C35H42F3N7O2. The van der Waals surface area contributed by atoms with Gasteiger partial charge in [-0.2, -0.15) is 18.4 Å². The molecule has 9 nitrogen and oxygen atoms in total. The predicted octanol–water partition coefficient (Wildman–Crippen LogP) is 4.40. The number of fused-ring (bicyclic) bond motifs is 1. The Morgan fingerprint density at radius 1 is 1.06 bits per heavy atom. The lowest BCUT2D eigenvalue weighted by Gasteiger charge is -2.35. The molecule has 3 N–H and O–H groups in total. The number of aliphatic hydroxyl groups excluding tert-OH is 1. The van der Waals surface area contributed by atoms with Crippen molar-refractivity contribution >= 4 is 22.5 Å². The summed E-state index contributed by atoms with van der Waals surface area (Å²) in [5, 5.41) is 26.3. The van der Waals surface area contributed by atoms with Crippen LogP contribution >= 0.6 is 0 Å². The molecule has 3 aromatic rings. The summed E-state index contributed by atoms with van der Waals surface area (Å²) in [5.74, 6) is 5.97. The molecule has 0 spiro atoms. The van der Waals surface area contributed by atoms with Crippen molar-refractivity contribution in [2.75, 3.05) is 44.6 Å². The number of alkyl halides is 3. The van der Waals surface area contributed by atoms with Gasteiger partial charge in [0, 0.05) is 49.7 Å². The van der Waals surface area contributed by atoms with Crippen LogP contribution in [0.15, 0.2) is 42.6 Å². The number of halogens is 3. The number of anilines is 1. The van der Waals surface area contributed by atoms with Gasteiger partial charge in [0.05, 0.1) is 53.9 Å². The normalized spacial score (nSPS) is 16.9. The molecule has 250 valence electrons. The Labute approximate surface area is 273 Å². The smallest absolute Gasteiger partial charge is 0.393 e. The largest absolute Gasteiger partial charge is 0.406 e. The molecule has 2 fully saturated rings. The molecule has 0 bridgehead atoms. The van der Waals surface area contributed by atoms with Crippen LogP contribution in [0.4, 0.5) is 18.9 Å². The number of aromatic nitrogens is 2. The van der Waals surface area contributed by atoms with Crippen molar-refractivity contribution < 1.29 is 23.1 Å². The van der Waals surface area contributed by atoms with Crippen LogP contribution in [0, 0.1) is 23.2 Å². The number of likely N-dealkylation sites (tertiary alicyclic amines) is 2. The average Bonchev–Trinajstić information content (AvgIpc) is 3.38. The lowest BCUT2D eigenvalue weighted by molar-refractivity contribution is -0.140. The summed E-state index contributed by atoms with van der Waals surface area (Å²) in [5.41, 5.74) is 2.35. The summed E-state index contributed by atoms with van der Waals surface area (Å²) in [6, 6.07) is 13.2. The van der Waals surface area contributed by atoms with E-state index in [1.165, 1.54) is 4.57 Å². The van der Waals surface area contributed by atoms with E-state index in [1.54, 1.807) is 44.3 Å². The van der Waals surface area contributed by atoms with Gasteiger partial charge >= 0.3 is 6.18 Å². The van der Waals surface area contributed by atoms with Crippen molar-refractivity contribution in [1.29, 1.82) is 5.26 Å². The minimum absolute atomic E-state index is 0.134. The number of piperidine rings is 2. The van der Waals surface area contributed by atoms with Gasteiger partial charge in [0.25, 0.3) is 0 Å². The summed E-state index contributed by atoms with van der Waals surface area (Å²) < 4.78 is 41.8. The standard InChI is InChI=1S/C35H42F3N7O2/c1-34(2,23-39)32-8-6-28(21-42-32)40-13-3-4-29-19-26-18-25(5-7-31(26)45(29)24-35(36,37)38)20-41-27-9-16-44(17-10-27)33(47)22-43-14-11-30(46)12-15-43/h5-8,18-19,21,27,30,40-41,46H,9-17,20,22,24H2,1-2H3. The molecule has 47 heavy (non-hydrogen) atoms. The lowest BCUT2D eigenvalue weighted by atomic mass is 9.91. The first-order chi connectivity index (χ1) is 22.4. The molecule has 0 saturated carbocycles. The van der Waals surface area contributed by atoms with Crippen molar-refractivity contribution in [3.8, 4) is 17.9 Å². The van der Waals surface area contributed by atoms with Crippen molar-refractivity contribution in [3.05, 3.63) is 59.5 Å². The minimum atomic E-state index is -4.40. The fourth-order valence-electron chi connectivity index (χ4n) is 6.05. The van der Waals surface area contributed by atoms with E-state index in [4.69, 9.17) is 0 Å². The van der Waals surface area contributed by atoms with Gasteiger partial charge < -0.3 is 25.2 Å². The van der Waals surface area contributed by atoms with Gasteiger partial charge in [-0.05, 0) is 81.3 Å². The number of carbonyl (C=O) groups is 1. The van der Waals surface area contributed by atoms with E-state index in [0.717, 1.165) is 31.5 Å². The van der Waals surface area contributed by atoms with Crippen molar-refractivity contribution in [2.45, 2.75) is 76.4 Å². The Kier molecular flexibility index (Phi) is 10.8. The van der Waals surface area contributed by atoms with E-state index in [0.29, 0.717) is 61.3 Å². The van der Waals surface area contributed by atoms with Crippen LogP contribution in [-0.4, -0.2) is 88.0 Å². The van der Waals surface area contributed by atoms with E-state index in [9.17, 15) is 28.3 Å². The highest BCUT2D eigenvalue weighted by molar-refractivity contribution is 5.83. The molecule has 0 unspecified atom stereocenters. The third-order valence-electron chi connectivity index (χ3n) is 8.94. The molecule has 5 rings (SSSR count). The number of hydrogen-bond acceptors (Lipinski definition) is 7. The highest BCUT2D eigenvalue weighted by Gasteiger charge is 2.30. The van der Waals surface area contributed by atoms with Gasteiger partial charge in [0.15, 0.2) is 0 Å². The number of benzene rings is 1. The van der Waals surface area contributed by atoms with Crippen molar-refractivity contribution in [1.82, 2.24) is 24.7 Å². The Hall–Kier alpha value is -4.10. The number of pyridine rings is 1. The number of amides is 1. The number of nitrogens with one attached hydrogen (secondary N) is 2. The first-order valence-corrected chi connectivity index (χ1v) is 16.1. The van der Waals surface area contributed by atoms with Gasteiger partial charge in [0.2, 0.25) is 5.91 Å². The van der Waals surface area contributed by atoms with Crippen LogP contribution in [0.2, 0.25) is 0 Å². The van der Waals surface area contributed by atoms with E-state index in [2.05, 4.69) is 38.4 Å². The third-order valence-corrected chi connectivity index (χ3v) is 8.94. The Balaban J connectivity index is 1.17. The molecule has 1 amide bonds. The molecule has 1 aromatic carbocycles. The molecule has 2 saturated heterocycles. The quantitative estimate of drug-likeness (QED) is 0.295. The maximum Gasteiger partial charge on any atom is 0.406 e. The van der Waals surface area contributed by atoms with Crippen LogP contribution < -0.4 is 10.6 Å². The number of aliphatic hydroxyl groups is 1. The fourth-order valence-corrected chi connectivity index (χ4v) is 6.05. The second-order valence-corrected chi connectivity index (χ2v) is 13.0. The van der Waals surface area contributed by atoms with Crippen LogP contribution in [0.5, 0.6) is 0 Å². The van der Waals surface area contributed by atoms with Crippen LogP contribution in [0.1, 0.15) is 56.5 Å². The predicted molar refractivity (Wildman–Crippen MR) is 174 cm³/mol. The van der Waals surface area contributed by atoms with E-state index in [1.807, 2.05) is 17.0 Å². The number of rotatable bonds is 9.